The lowest BCUT2D eigenvalue weighted by molar-refractivity contribution is -0.146. The van der Waals surface area contributed by atoms with Crippen LogP contribution in [-0.4, -0.2) is 131 Å². The second-order valence-corrected chi connectivity index (χ2v) is 13.5. The highest BCUT2D eigenvalue weighted by Gasteiger charge is 2.04. The third kappa shape index (κ3) is 46.8. The van der Waals surface area contributed by atoms with E-state index in [-0.39, 0.29) is 25.2 Å². The Morgan fingerprint density at radius 2 is 0.444 bits per heavy atom. The fourth-order valence-electron chi connectivity index (χ4n) is 5.37. The van der Waals surface area contributed by atoms with Gasteiger partial charge in [0.1, 0.15) is 13.2 Å². The van der Waals surface area contributed by atoms with Gasteiger partial charge in [0, 0.05) is 12.8 Å². The zero-order valence-electron chi connectivity index (χ0n) is 34.8. The lowest BCUT2D eigenvalue weighted by atomic mass is 10.0. The SMILES string of the molecule is CCCCCCCCCCCCCCCCCC(=O)OCCOCCOCCOCCOCCOCCOCCOCCOCCOC(=O)CCCCC. The standard InChI is InChI=1S/C42H82O12/c1-3-5-7-8-9-10-11-12-13-14-15-16-17-18-20-22-42(44)54-40-38-52-36-34-50-32-30-48-28-26-46-24-23-45-25-27-47-29-31-49-33-35-51-37-39-53-41(43)21-19-6-4-2/h3-40H2,1-2H3. The summed E-state index contributed by atoms with van der Waals surface area (Å²) in [5.41, 5.74) is 0. The van der Waals surface area contributed by atoms with Gasteiger partial charge in [-0.2, -0.15) is 0 Å². The number of rotatable bonds is 47. The Kier molecular flexibility index (Phi) is 46.5. The summed E-state index contributed by atoms with van der Waals surface area (Å²) in [7, 11) is 0. The van der Waals surface area contributed by atoms with Crippen LogP contribution in [0.4, 0.5) is 0 Å². The van der Waals surface area contributed by atoms with E-state index >= 15 is 0 Å². The molecule has 0 aliphatic rings. The summed E-state index contributed by atoms with van der Waals surface area (Å²) in [5.74, 6) is -0.292. The van der Waals surface area contributed by atoms with Crippen molar-refractivity contribution in [2.24, 2.45) is 0 Å². The van der Waals surface area contributed by atoms with Crippen molar-refractivity contribution in [1.82, 2.24) is 0 Å². The number of esters is 2. The van der Waals surface area contributed by atoms with E-state index < -0.39 is 0 Å². The number of ether oxygens (including phenoxy) is 10. The van der Waals surface area contributed by atoms with Crippen molar-refractivity contribution in [2.75, 3.05) is 119 Å². The molecule has 0 spiro atoms. The Labute approximate surface area is 329 Å². The van der Waals surface area contributed by atoms with Crippen molar-refractivity contribution in [3.63, 3.8) is 0 Å². The lowest BCUT2D eigenvalue weighted by Gasteiger charge is -2.09. The minimum Gasteiger partial charge on any atom is -0.463 e. The highest BCUT2D eigenvalue weighted by molar-refractivity contribution is 5.69. The molecule has 0 heterocycles. The summed E-state index contributed by atoms with van der Waals surface area (Å²) in [5, 5.41) is 0. The zero-order valence-corrected chi connectivity index (χ0v) is 34.8. The molecule has 0 aromatic rings. The van der Waals surface area contributed by atoms with Crippen molar-refractivity contribution in [3.05, 3.63) is 0 Å². The molecule has 0 amide bonds. The molecule has 0 unspecified atom stereocenters. The molecule has 0 saturated carbocycles. The van der Waals surface area contributed by atoms with Gasteiger partial charge in [0.2, 0.25) is 0 Å². The molecule has 54 heavy (non-hydrogen) atoms. The van der Waals surface area contributed by atoms with Crippen LogP contribution in [0.3, 0.4) is 0 Å². The van der Waals surface area contributed by atoms with Gasteiger partial charge >= 0.3 is 11.9 Å². The minimum absolute atomic E-state index is 0.132. The molecule has 0 N–H and O–H groups in total. The summed E-state index contributed by atoms with van der Waals surface area (Å²) < 4.78 is 54.1. The second-order valence-electron chi connectivity index (χ2n) is 13.5. The van der Waals surface area contributed by atoms with Crippen LogP contribution in [0.2, 0.25) is 0 Å². The summed E-state index contributed by atoms with van der Waals surface area (Å²) >= 11 is 0. The maximum atomic E-state index is 11.9. The van der Waals surface area contributed by atoms with Crippen LogP contribution in [0, 0.1) is 0 Å². The smallest absolute Gasteiger partial charge is 0.305 e. The first kappa shape index (κ1) is 52.6. The largest absolute Gasteiger partial charge is 0.463 e. The Morgan fingerprint density at radius 1 is 0.259 bits per heavy atom. The molecule has 12 nitrogen and oxygen atoms in total. The first-order valence-corrected chi connectivity index (χ1v) is 21.6. The van der Waals surface area contributed by atoms with Crippen molar-refractivity contribution >= 4 is 11.9 Å². The quantitative estimate of drug-likeness (QED) is 0.0438. The van der Waals surface area contributed by atoms with Crippen LogP contribution in [0.25, 0.3) is 0 Å². The predicted molar refractivity (Wildman–Crippen MR) is 212 cm³/mol. The molecule has 0 aromatic heterocycles. The Morgan fingerprint density at radius 3 is 0.704 bits per heavy atom. The van der Waals surface area contributed by atoms with Gasteiger partial charge < -0.3 is 47.4 Å². The number of carbonyl (C=O) groups excluding carboxylic acids is 2. The number of carbonyl (C=O) groups is 2. The highest BCUT2D eigenvalue weighted by Crippen LogP contribution is 2.14. The molecular weight excluding hydrogens is 696 g/mol. The number of unbranched alkanes of at least 4 members (excludes halogenated alkanes) is 16. The zero-order chi connectivity index (χ0) is 39.1. The molecule has 0 saturated heterocycles. The van der Waals surface area contributed by atoms with Gasteiger partial charge in [-0.3, -0.25) is 9.59 Å². The molecule has 0 fully saturated rings. The molecule has 0 bridgehead atoms. The second kappa shape index (κ2) is 47.8. The molecule has 322 valence electrons. The van der Waals surface area contributed by atoms with Crippen molar-refractivity contribution in [2.45, 2.75) is 142 Å². The summed E-state index contributed by atoms with van der Waals surface area (Å²) in [4.78, 5) is 23.4. The van der Waals surface area contributed by atoms with Gasteiger partial charge in [0.05, 0.1) is 106 Å². The average molecular weight is 779 g/mol. The third-order valence-corrected chi connectivity index (χ3v) is 8.55. The highest BCUT2D eigenvalue weighted by atomic mass is 16.6. The number of hydrogen-bond acceptors (Lipinski definition) is 12. The van der Waals surface area contributed by atoms with Gasteiger partial charge in [-0.05, 0) is 12.8 Å². The van der Waals surface area contributed by atoms with Crippen LogP contribution in [-0.2, 0) is 57.0 Å². The summed E-state index contributed by atoms with van der Waals surface area (Å²) in [6.45, 7) is 12.4. The van der Waals surface area contributed by atoms with E-state index in [4.69, 9.17) is 47.4 Å². The normalized spacial score (nSPS) is 11.4. The van der Waals surface area contributed by atoms with Crippen LogP contribution < -0.4 is 0 Å². The molecule has 0 atom stereocenters. The van der Waals surface area contributed by atoms with Crippen LogP contribution in [0.15, 0.2) is 0 Å². The monoisotopic (exact) mass is 779 g/mol. The van der Waals surface area contributed by atoms with Gasteiger partial charge in [0.15, 0.2) is 0 Å². The Balaban J connectivity index is 3.15. The van der Waals surface area contributed by atoms with E-state index in [0.717, 1.165) is 32.1 Å². The fraction of sp³-hybridized carbons (Fsp3) is 0.952. The van der Waals surface area contributed by atoms with Crippen LogP contribution in [0.1, 0.15) is 142 Å². The molecule has 12 heteroatoms. The Hall–Kier alpha value is -1.38. The van der Waals surface area contributed by atoms with Gasteiger partial charge in [0.25, 0.3) is 0 Å². The average Bonchev–Trinajstić information content (AvgIpc) is 3.17. The fourth-order valence-corrected chi connectivity index (χ4v) is 5.37. The van der Waals surface area contributed by atoms with Crippen molar-refractivity contribution in [3.8, 4) is 0 Å². The van der Waals surface area contributed by atoms with E-state index in [9.17, 15) is 9.59 Å². The Bertz CT molecular complexity index is 742. The van der Waals surface area contributed by atoms with Crippen LogP contribution >= 0.6 is 0 Å². The molecule has 0 aliphatic heterocycles. The molecule has 0 rings (SSSR count). The minimum atomic E-state index is -0.160. The van der Waals surface area contributed by atoms with Gasteiger partial charge in [-0.15, -0.1) is 0 Å². The van der Waals surface area contributed by atoms with E-state index in [1.54, 1.807) is 0 Å². The first-order valence-electron chi connectivity index (χ1n) is 21.6. The van der Waals surface area contributed by atoms with Crippen molar-refractivity contribution < 1.29 is 57.0 Å². The summed E-state index contributed by atoms with van der Waals surface area (Å²) in [6.07, 6.45) is 23.7. The maximum Gasteiger partial charge on any atom is 0.305 e. The first-order chi connectivity index (χ1) is 26.7. The van der Waals surface area contributed by atoms with Gasteiger partial charge in [-0.25, -0.2) is 0 Å². The van der Waals surface area contributed by atoms with E-state index in [1.165, 1.54) is 83.5 Å². The van der Waals surface area contributed by atoms with Crippen molar-refractivity contribution in [1.29, 1.82) is 0 Å². The van der Waals surface area contributed by atoms with E-state index in [1.807, 2.05) is 0 Å². The number of hydrogen-bond donors (Lipinski definition) is 0. The van der Waals surface area contributed by atoms with Crippen LogP contribution in [0.5, 0.6) is 0 Å². The lowest BCUT2D eigenvalue weighted by Crippen LogP contribution is -2.15. The molecule has 0 radical (unpaired) electrons. The predicted octanol–water partition coefficient (Wildman–Crippen LogP) is 8.05. The molecular formula is C42H82O12. The molecule has 0 aromatic carbocycles. The summed E-state index contributed by atoms with van der Waals surface area (Å²) in [6, 6.07) is 0. The van der Waals surface area contributed by atoms with E-state index in [2.05, 4.69) is 13.8 Å². The topological polar surface area (TPSA) is 126 Å². The van der Waals surface area contributed by atoms with E-state index in [0.29, 0.717) is 119 Å². The maximum absolute atomic E-state index is 11.9. The molecule has 0 aliphatic carbocycles. The third-order valence-electron chi connectivity index (χ3n) is 8.55. The van der Waals surface area contributed by atoms with Gasteiger partial charge in [-0.1, -0.05) is 117 Å².